The molecule has 1 saturated carbocycles. The molecule has 1 aliphatic heterocycles. The molecule has 4 heteroatoms. The number of nitrogens with zero attached hydrogens (tertiary/aromatic N) is 1. The Morgan fingerprint density at radius 3 is 2.57 bits per heavy atom. The van der Waals surface area contributed by atoms with Crippen LogP contribution in [0.2, 0.25) is 0 Å². The van der Waals surface area contributed by atoms with Crippen LogP contribution in [0.25, 0.3) is 0 Å². The van der Waals surface area contributed by atoms with E-state index in [9.17, 15) is 4.79 Å². The molecular weight excluding hydrogens is 328 g/mol. The number of carbonyl (C=O) groups is 1. The van der Waals surface area contributed by atoms with Crippen molar-refractivity contribution >= 4 is 27.7 Å². The van der Waals surface area contributed by atoms with Gasteiger partial charge in [0.05, 0.1) is 21.8 Å². The smallest absolute Gasteiger partial charge is 0.258 e. The number of para-hydroxylation sites is 1. The largest absolute Gasteiger partial charge is 0.299 e. The quantitative estimate of drug-likeness (QED) is 0.865. The molecule has 1 N–H and O–H groups in total. The molecule has 2 aromatic carbocycles. The van der Waals surface area contributed by atoms with Crippen LogP contribution >= 0.6 is 16.1 Å². The van der Waals surface area contributed by atoms with Crippen molar-refractivity contribution in [1.82, 2.24) is 5.32 Å². The third kappa shape index (κ3) is 2.19. The van der Waals surface area contributed by atoms with Crippen LogP contribution in [0.15, 0.2) is 54.6 Å². The topological polar surface area (TPSA) is 32.3 Å². The van der Waals surface area contributed by atoms with Gasteiger partial charge in [0.15, 0.2) is 0 Å². The summed E-state index contributed by atoms with van der Waals surface area (Å²) in [5.41, 5.74) is 3.35. The van der Waals surface area contributed by atoms with E-state index < -0.39 is 0 Å². The van der Waals surface area contributed by atoms with Gasteiger partial charge in [-0.3, -0.25) is 10.1 Å². The Labute approximate surface area is 132 Å². The number of rotatable bonds is 3. The Kier molecular flexibility index (Phi) is 3.08. The molecule has 1 fully saturated rings. The summed E-state index contributed by atoms with van der Waals surface area (Å²) in [4.78, 5) is 12.4. The first-order valence-corrected chi connectivity index (χ1v) is 7.86. The monoisotopic (exact) mass is 342 g/mol. The normalized spacial score (nSPS) is 26.8. The number of fused-ring (bicyclic) bond motifs is 1. The van der Waals surface area contributed by atoms with Crippen molar-refractivity contribution in [3.8, 4) is 0 Å². The van der Waals surface area contributed by atoms with Crippen molar-refractivity contribution in [3.05, 3.63) is 65.7 Å². The lowest BCUT2D eigenvalue weighted by Gasteiger charge is -2.12. The molecule has 21 heavy (non-hydrogen) atoms. The first kappa shape index (κ1) is 13.0. The highest BCUT2D eigenvalue weighted by Gasteiger charge is 2.44. The van der Waals surface area contributed by atoms with Crippen molar-refractivity contribution in [2.75, 3.05) is 3.93 Å². The number of halogens is 1. The summed E-state index contributed by atoms with van der Waals surface area (Å²) < 4.78 is 1.57. The van der Waals surface area contributed by atoms with E-state index >= 15 is 0 Å². The summed E-state index contributed by atoms with van der Waals surface area (Å²) in [6.45, 7) is 0. The van der Waals surface area contributed by atoms with Gasteiger partial charge in [0.2, 0.25) is 0 Å². The predicted molar refractivity (Wildman–Crippen MR) is 86.3 cm³/mol. The van der Waals surface area contributed by atoms with Crippen molar-refractivity contribution in [2.45, 2.75) is 24.4 Å². The standard InChI is InChI=1S/C17H15BrN2O/c18-20-15-9-5-4-8-12(15)16(17(20)21)19-14-10-13(14)11-6-2-1-3-7-11/h1-9,13-14,16,19H,10H2. The van der Waals surface area contributed by atoms with Gasteiger partial charge in [0, 0.05) is 17.5 Å². The van der Waals surface area contributed by atoms with Crippen LogP contribution in [0.5, 0.6) is 0 Å². The Morgan fingerprint density at radius 1 is 1.05 bits per heavy atom. The van der Waals surface area contributed by atoms with Crippen molar-refractivity contribution < 1.29 is 4.79 Å². The lowest BCUT2D eigenvalue weighted by molar-refractivity contribution is -0.118. The fourth-order valence-corrected chi connectivity index (χ4v) is 3.63. The van der Waals surface area contributed by atoms with Gasteiger partial charge in [-0.25, -0.2) is 3.93 Å². The lowest BCUT2D eigenvalue weighted by atomic mass is 10.1. The molecule has 106 valence electrons. The minimum atomic E-state index is -0.237. The van der Waals surface area contributed by atoms with Crippen LogP contribution in [-0.4, -0.2) is 11.9 Å². The molecule has 0 radical (unpaired) electrons. The summed E-state index contributed by atoms with van der Waals surface area (Å²) in [6, 6.07) is 18.6. The van der Waals surface area contributed by atoms with E-state index in [2.05, 4.69) is 45.7 Å². The maximum Gasteiger partial charge on any atom is 0.258 e. The molecule has 4 rings (SSSR count). The molecule has 1 amide bonds. The lowest BCUT2D eigenvalue weighted by Crippen LogP contribution is -2.31. The first-order chi connectivity index (χ1) is 10.3. The first-order valence-electron chi connectivity index (χ1n) is 7.15. The number of benzene rings is 2. The van der Waals surface area contributed by atoms with Gasteiger partial charge in [0.25, 0.3) is 5.91 Å². The van der Waals surface area contributed by atoms with Crippen LogP contribution in [0, 0.1) is 0 Å². The Morgan fingerprint density at radius 2 is 1.76 bits per heavy atom. The third-order valence-electron chi connectivity index (χ3n) is 4.30. The Bertz CT molecular complexity index is 688. The van der Waals surface area contributed by atoms with Gasteiger partial charge >= 0.3 is 0 Å². The van der Waals surface area contributed by atoms with E-state index in [0.717, 1.165) is 17.7 Å². The van der Waals surface area contributed by atoms with Gasteiger partial charge in [-0.05, 0) is 18.1 Å². The Hall–Kier alpha value is -1.65. The average molecular weight is 343 g/mol. The second kappa shape index (κ2) is 4.97. The SMILES string of the molecule is O=C1C(NC2CC2c2ccccc2)c2ccccc2N1Br. The highest BCUT2D eigenvalue weighted by atomic mass is 79.9. The van der Waals surface area contributed by atoms with Gasteiger partial charge in [-0.2, -0.15) is 0 Å². The number of nitrogens with one attached hydrogen (secondary N) is 1. The molecule has 0 spiro atoms. The fourth-order valence-electron chi connectivity index (χ4n) is 3.10. The molecule has 2 aromatic rings. The molecule has 3 atom stereocenters. The van der Waals surface area contributed by atoms with Crippen molar-refractivity contribution in [3.63, 3.8) is 0 Å². The number of amides is 1. The highest BCUT2D eigenvalue weighted by molar-refractivity contribution is 9.10. The molecular formula is C17H15BrN2O. The maximum atomic E-state index is 12.4. The molecule has 3 nitrogen and oxygen atoms in total. The number of anilines is 1. The number of hydrogen-bond donors (Lipinski definition) is 1. The van der Waals surface area contributed by atoms with E-state index in [1.807, 2.05) is 30.3 Å². The minimum Gasteiger partial charge on any atom is -0.299 e. The van der Waals surface area contributed by atoms with Crippen LogP contribution in [-0.2, 0) is 4.79 Å². The van der Waals surface area contributed by atoms with Crippen LogP contribution in [0.4, 0.5) is 5.69 Å². The van der Waals surface area contributed by atoms with Crippen LogP contribution in [0.1, 0.15) is 29.5 Å². The molecule has 0 bridgehead atoms. The van der Waals surface area contributed by atoms with E-state index in [1.54, 1.807) is 3.93 Å². The van der Waals surface area contributed by atoms with Gasteiger partial charge < -0.3 is 0 Å². The summed E-state index contributed by atoms with van der Waals surface area (Å²) in [5.74, 6) is 0.588. The zero-order valence-electron chi connectivity index (χ0n) is 11.4. The molecule has 3 unspecified atom stereocenters. The summed E-state index contributed by atoms with van der Waals surface area (Å²) in [5, 5.41) is 3.52. The van der Waals surface area contributed by atoms with Gasteiger partial charge in [-0.1, -0.05) is 48.5 Å². The number of carbonyl (C=O) groups excluding carboxylic acids is 1. The fraction of sp³-hybridized carbons (Fsp3) is 0.235. The Balaban J connectivity index is 1.53. The zero-order chi connectivity index (χ0) is 14.4. The van der Waals surface area contributed by atoms with Crippen LogP contribution < -0.4 is 9.24 Å². The molecule has 0 aromatic heterocycles. The summed E-state index contributed by atoms with van der Waals surface area (Å²) in [7, 11) is 0. The van der Waals surface area contributed by atoms with E-state index in [4.69, 9.17) is 0 Å². The van der Waals surface area contributed by atoms with Crippen molar-refractivity contribution in [2.24, 2.45) is 0 Å². The summed E-state index contributed by atoms with van der Waals surface area (Å²) >= 11 is 3.36. The molecule has 1 aliphatic carbocycles. The summed E-state index contributed by atoms with van der Waals surface area (Å²) in [6.07, 6.45) is 1.10. The van der Waals surface area contributed by atoms with Gasteiger partial charge in [-0.15, -0.1) is 0 Å². The maximum absolute atomic E-state index is 12.4. The van der Waals surface area contributed by atoms with Crippen LogP contribution in [0.3, 0.4) is 0 Å². The second-order valence-electron chi connectivity index (χ2n) is 5.64. The third-order valence-corrected chi connectivity index (χ3v) is 5.03. The minimum absolute atomic E-state index is 0.0647. The second-order valence-corrected chi connectivity index (χ2v) is 6.35. The molecule has 1 heterocycles. The zero-order valence-corrected chi connectivity index (χ0v) is 13.0. The molecule has 0 saturated heterocycles. The molecule has 2 aliphatic rings. The average Bonchev–Trinajstić information content (AvgIpc) is 3.27. The highest BCUT2D eigenvalue weighted by Crippen LogP contribution is 2.45. The van der Waals surface area contributed by atoms with Gasteiger partial charge in [0.1, 0.15) is 6.04 Å². The van der Waals surface area contributed by atoms with E-state index in [1.165, 1.54) is 5.56 Å². The van der Waals surface area contributed by atoms with E-state index in [0.29, 0.717) is 12.0 Å². The predicted octanol–water partition coefficient (Wildman–Crippen LogP) is 3.53. The van der Waals surface area contributed by atoms with E-state index in [-0.39, 0.29) is 11.9 Å². The van der Waals surface area contributed by atoms with Crippen molar-refractivity contribution in [1.29, 1.82) is 0 Å². The number of hydrogen-bond acceptors (Lipinski definition) is 2.